The van der Waals surface area contributed by atoms with Gasteiger partial charge in [0.15, 0.2) is 6.10 Å². The molecule has 2 aromatic rings. The molecule has 25 heavy (non-hydrogen) atoms. The van der Waals surface area contributed by atoms with Crippen LogP contribution in [0.15, 0.2) is 41.4 Å². The number of benzene rings is 1. The van der Waals surface area contributed by atoms with E-state index in [1.165, 1.54) is 6.92 Å². The smallest absolute Gasteiger partial charge is 0.307 e. The van der Waals surface area contributed by atoms with Crippen molar-refractivity contribution in [2.45, 2.75) is 25.9 Å². The van der Waals surface area contributed by atoms with Crippen LogP contribution in [-0.2, 0) is 20.7 Å². The highest BCUT2D eigenvalue weighted by atomic mass is 35.5. The molecule has 1 N–H and O–H groups in total. The molecule has 0 bridgehead atoms. The molecule has 1 amide bonds. The number of aromatic nitrogens is 2. The Morgan fingerprint density at radius 3 is 2.80 bits per heavy atom. The number of esters is 1. The summed E-state index contributed by atoms with van der Waals surface area (Å²) in [6.45, 7) is 5.31. The second kappa shape index (κ2) is 8.98. The minimum atomic E-state index is -0.875. The van der Waals surface area contributed by atoms with Gasteiger partial charge in [-0.3, -0.25) is 9.59 Å². The van der Waals surface area contributed by atoms with E-state index < -0.39 is 12.1 Å². The summed E-state index contributed by atoms with van der Waals surface area (Å²) in [7, 11) is 0. The summed E-state index contributed by atoms with van der Waals surface area (Å²) in [5, 5.41) is 7.03. The van der Waals surface area contributed by atoms with Gasteiger partial charge in [0.25, 0.3) is 5.91 Å². The van der Waals surface area contributed by atoms with Crippen LogP contribution in [0, 0.1) is 0 Å². The number of carbonyl (C=O) groups excluding carboxylic acids is 2. The van der Waals surface area contributed by atoms with Gasteiger partial charge in [0, 0.05) is 23.6 Å². The molecule has 0 spiro atoms. The molecule has 8 heteroatoms. The van der Waals surface area contributed by atoms with Crippen LogP contribution in [0.2, 0.25) is 5.02 Å². The standard InChI is InChI=1S/C17H18ClN3O4/c1-3-10-19-17(23)11(2)24-15(22)9-8-14-20-16(21-25-14)12-4-6-13(18)7-5-12/h3-7,11H,1,8-10H2,2H3,(H,19,23). The third kappa shape index (κ3) is 5.72. The number of halogens is 1. The molecule has 132 valence electrons. The number of rotatable bonds is 8. The van der Waals surface area contributed by atoms with Gasteiger partial charge in [-0.2, -0.15) is 4.98 Å². The van der Waals surface area contributed by atoms with E-state index in [1.807, 2.05) is 0 Å². The van der Waals surface area contributed by atoms with Gasteiger partial charge in [-0.05, 0) is 31.2 Å². The van der Waals surface area contributed by atoms with Gasteiger partial charge in [0.05, 0.1) is 6.42 Å². The van der Waals surface area contributed by atoms with Gasteiger partial charge < -0.3 is 14.6 Å². The maximum atomic E-state index is 11.8. The fourth-order valence-electron chi connectivity index (χ4n) is 1.91. The van der Waals surface area contributed by atoms with Crippen LogP contribution >= 0.6 is 11.6 Å². The molecule has 0 fully saturated rings. The second-order valence-electron chi connectivity index (χ2n) is 5.18. The molecule has 0 radical (unpaired) electrons. The summed E-state index contributed by atoms with van der Waals surface area (Å²) in [6.07, 6.45) is 0.918. The Bertz CT molecular complexity index is 743. The van der Waals surface area contributed by atoms with Crippen LogP contribution in [0.5, 0.6) is 0 Å². The van der Waals surface area contributed by atoms with Gasteiger partial charge in [0.1, 0.15) is 0 Å². The fourth-order valence-corrected chi connectivity index (χ4v) is 2.03. The van der Waals surface area contributed by atoms with E-state index in [1.54, 1.807) is 30.3 Å². The Morgan fingerprint density at radius 2 is 2.12 bits per heavy atom. The average Bonchev–Trinajstić information content (AvgIpc) is 3.07. The van der Waals surface area contributed by atoms with E-state index >= 15 is 0 Å². The van der Waals surface area contributed by atoms with Gasteiger partial charge in [-0.15, -0.1) is 6.58 Å². The first kappa shape index (κ1) is 18.7. The lowest BCUT2D eigenvalue weighted by Crippen LogP contribution is -2.35. The van der Waals surface area contributed by atoms with Crippen molar-refractivity contribution in [3.8, 4) is 11.4 Å². The Labute approximate surface area is 150 Å². The highest BCUT2D eigenvalue weighted by Crippen LogP contribution is 2.19. The van der Waals surface area contributed by atoms with Gasteiger partial charge in [-0.25, -0.2) is 0 Å². The van der Waals surface area contributed by atoms with Gasteiger partial charge in [-0.1, -0.05) is 22.8 Å². The Hall–Kier alpha value is -2.67. The quantitative estimate of drug-likeness (QED) is 0.572. The molecule has 0 aliphatic rings. The molecule has 1 unspecified atom stereocenters. The molecule has 0 aliphatic heterocycles. The molecule has 0 saturated heterocycles. The lowest BCUT2D eigenvalue weighted by molar-refractivity contribution is -0.154. The van der Waals surface area contributed by atoms with Crippen molar-refractivity contribution in [3.05, 3.63) is 47.8 Å². The SMILES string of the molecule is C=CCNC(=O)C(C)OC(=O)CCc1nc(-c2ccc(Cl)cc2)no1. The van der Waals surface area contributed by atoms with E-state index in [2.05, 4.69) is 22.0 Å². The zero-order valence-electron chi connectivity index (χ0n) is 13.7. The first-order chi connectivity index (χ1) is 12.0. The van der Waals surface area contributed by atoms with E-state index in [-0.39, 0.29) is 18.7 Å². The van der Waals surface area contributed by atoms with E-state index in [0.29, 0.717) is 23.3 Å². The zero-order valence-corrected chi connectivity index (χ0v) is 14.5. The number of amides is 1. The number of carbonyl (C=O) groups is 2. The molecule has 0 saturated carbocycles. The minimum Gasteiger partial charge on any atom is -0.453 e. The summed E-state index contributed by atoms with van der Waals surface area (Å²) in [4.78, 5) is 27.6. The number of hydrogen-bond donors (Lipinski definition) is 1. The van der Waals surface area contributed by atoms with Crippen molar-refractivity contribution in [1.82, 2.24) is 15.5 Å². The average molecular weight is 364 g/mol. The van der Waals surface area contributed by atoms with Gasteiger partial charge >= 0.3 is 5.97 Å². The van der Waals surface area contributed by atoms with E-state index in [0.717, 1.165) is 5.56 Å². The summed E-state index contributed by atoms with van der Waals surface area (Å²) in [6, 6.07) is 7.00. The van der Waals surface area contributed by atoms with Gasteiger partial charge in [0.2, 0.25) is 11.7 Å². The molecule has 0 aliphatic carbocycles. The van der Waals surface area contributed by atoms with Crippen LogP contribution in [0.25, 0.3) is 11.4 Å². The number of aryl methyl sites for hydroxylation is 1. The normalized spacial score (nSPS) is 11.6. The Balaban J connectivity index is 1.83. The molecule has 2 rings (SSSR count). The first-order valence-corrected chi connectivity index (χ1v) is 8.04. The van der Waals surface area contributed by atoms with Crippen LogP contribution < -0.4 is 5.32 Å². The molecular weight excluding hydrogens is 346 g/mol. The predicted octanol–water partition coefficient (Wildman–Crippen LogP) is 2.56. The summed E-state index contributed by atoms with van der Waals surface area (Å²) < 4.78 is 10.2. The van der Waals surface area contributed by atoms with Crippen LogP contribution in [0.1, 0.15) is 19.2 Å². The largest absolute Gasteiger partial charge is 0.453 e. The molecule has 1 aromatic heterocycles. The fraction of sp³-hybridized carbons (Fsp3) is 0.294. The number of nitrogens with zero attached hydrogens (tertiary/aromatic N) is 2. The third-order valence-corrected chi connectivity index (χ3v) is 3.46. The number of nitrogens with one attached hydrogen (secondary N) is 1. The monoisotopic (exact) mass is 363 g/mol. The van der Waals surface area contributed by atoms with Crippen LogP contribution in [0.4, 0.5) is 0 Å². The van der Waals surface area contributed by atoms with Crippen molar-refractivity contribution in [3.63, 3.8) is 0 Å². The maximum Gasteiger partial charge on any atom is 0.307 e. The molecule has 7 nitrogen and oxygen atoms in total. The van der Waals surface area contributed by atoms with Crippen molar-refractivity contribution in [2.75, 3.05) is 6.54 Å². The number of ether oxygens (including phenoxy) is 1. The summed E-state index contributed by atoms with van der Waals surface area (Å²) >= 11 is 5.83. The zero-order chi connectivity index (χ0) is 18.2. The Kier molecular flexibility index (Phi) is 6.71. The van der Waals surface area contributed by atoms with Crippen molar-refractivity contribution in [2.24, 2.45) is 0 Å². The lowest BCUT2D eigenvalue weighted by Gasteiger charge is -2.12. The second-order valence-corrected chi connectivity index (χ2v) is 5.62. The van der Waals surface area contributed by atoms with Crippen molar-refractivity contribution in [1.29, 1.82) is 0 Å². The maximum absolute atomic E-state index is 11.8. The molecule has 1 atom stereocenters. The topological polar surface area (TPSA) is 94.3 Å². The van der Waals surface area contributed by atoms with E-state index in [4.69, 9.17) is 20.9 Å². The summed E-state index contributed by atoms with van der Waals surface area (Å²) in [5.74, 6) is -0.175. The van der Waals surface area contributed by atoms with Crippen molar-refractivity contribution < 1.29 is 18.8 Å². The van der Waals surface area contributed by atoms with Crippen LogP contribution in [0.3, 0.4) is 0 Å². The van der Waals surface area contributed by atoms with E-state index in [9.17, 15) is 9.59 Å². The molecular formula is C17H18ClN3O4. The highest BCUT2D eigenvalue weighted by molar-refractivity contribution is 6.30. The first-order valence-electron chi connectivity index (χ1n) is 7.66. The third-order valence-electron chi connectivity index (χ3n) is 3.21. The lowest BCUT2D eigenvalue weighted by atomic mass is 10.2. The van der Waals surface area contributed by atoms with Crippen LogP contribution in [-0.4, -0.2) is 34.7 Å². The predicted molar refractivity (Wildman–Crippen MR) is 91.8 cm³/mol. The molecule has 1 heterocycles. The molecule has 1 aromatic carbocycles. The Morgan fingerprint density at radius 1 is 1.40 bits per heavy atom. The van der Waals surface area contributed by atoms with Crippen molar-refractivity contribution >= 4 is 23.5 Å². The summed E-state index contributed by atoms with van der Waals surface area (Å²) in [5.41, 5.74) is 0.759. The number of hydrogen-bond acceptors (Lipinski definition) is 6. The highest BCUT2D eigenvalue weighted by Gasteiger charge is 2.18. The minimum absolute atomic E-state index is 0.0291.